The molecule has 0 spiro atoms. The maximum Gasteiger partial charge on any atom is 0.490 e. The molecule has 3 N–H and O–H groups in total. The van der Waals surface area contributed by atoms with E-state index in [0.29, 0.717) is 11.6 Å². The van der Waals surface area contributed by atoms with Crippen LogP contribution in [-0.4, -0.2) is 59.8 Å². The molecule has 0 aliphatic carbocycles. The highest BCUT2D eigenvalue weighted by atomic mass is 19.4. The number of alkyl halides is 3. The first-order valence-electron chi connectivity index (χ1n) is 8.80. The second-order valence-corrected chi connectivity index (χ2v) is 6.83. The van der Waals surface area contributed by atoms with Gasteiger partial charge >= 0.3 is 12.1 Å². The van der Waals surface area contributed by atoms with Gasteiger partial charge in [-0.25, -0.2) is 4.79 Å². The van der Waals surface area contributed by atoms with Crippen molar-refractivity contribution in [1.29, 1.82) is 0 Å². The van der Waals surface area contributed by atoms with E-state index in [9.17, 15) is 18.0 Å². The molecule has 2 saturated heterocycles. The average molecular weight is 387 g/mol. The summed E-state index contributed by atoms with van der Waals surface area (Å²) in [5.41, 5.74) is 7.06. The van der Waals surface area contributed by atoms with Crippen molar-refractivity contribution in [3.63, 3.8) is 0 Å². The number of carboxylic acid groups (broad SMARTS) is 1. The number of anilines is 1. The Balaban J connectivity index is 0.000000321. The van der Waals surface area contributed by atoms with Crippen molar-refractivity contribution in [3.8, 4) is 0 Å². The molecule has 27 heavy (non-hydrogen) atoms. The molecule has 9 heteroatoms. The minimum atomic E-state index is -5.08. The molecule has 2 heterocycles. The lowest BCUT2D eigenvalue weighted by Crippen LogP contribution is -2.39. The van der Waals surface area contributed by atoms with E-state index >= 15 is 0 Å². The van der Waals surface area contributed by atoms with Crippen LogP contribution in [0.25, 0.3) is 0 Å². The number of carbonyl (C=O) groups is 2. The molecule has 6 nitrogen and oxygen atoms in total. The summed E-state index contributed by atoms with van der Waals surface area (Å²) in [4.78, 5) is 25.1. The Hall–Kier alpha value is -2.29. The van der Waals surface area contributed by atoms with Crippen LogP contribution in [0.15, 0.2) is 24.3 Å². The highest BCUT2D eigenvalue weighted by molar-refractivity contribution is 5.93. The lowest BCUT2D eigenvalue weighted by Gasteiger charge is -2.28. The number of nitrogens with two attached hydrogens (primary N) is 1. The number of benzene rings is 1. The predicted octanol–water partition coefficient (Wildman–Crippen LogP) is 2.48. The molecule has 2 unspecified atom stereocenters. The highest BCUT2D eigenvalue weighted by Gasteiger charge is 2.38. The lowest BCUT2D eigenvalue weighted by atomic mass is 10.2. The normalized spacial score (nSPS) is 23.0. The standard InChI is InChI=1S/C16H23N3O.C2HF3O2/c1-12-3-2-9-19(12)15-8-10-18(11-15)14-6-4-13(5-7-14)16(17)20;3-2(4,5)1(6)7/h4-7,12,15H,2-3,8-11H2,1H3,(H2,17,20);(H,6,7). The fourth-order valence-corrected chi connectivity index (χ4v) is 3.58. The molecule has 2 aliphatic heterocycles. The van der Waals surface area contributed by atoms with Gasteiger partial charge in [0.25, 0.3) is 0 Å². The third-order valence-corrected chi connectivity index (χ3v) is 5.00. The molecule has 1 aromatic rings. The molecule has 1 aromatic carbocycles. The van der Waals surface area contributed by atoms with Gasteiger partial charge in [-0.15, -0.1) is 0 Å². The van der Waals surface area contributed by atoms with E-state index in [1.807, 2.05) is 24.3 Å². The molecule has 0 saturated carbocycles. The number of amides is 1. The van der Waals surface area contributed by atoms with Gasteiger partial charge in [-0.1, -0.05) is 0 Å². The molecule has 0 bridgehead atoms. The van der Waals surface area contributed by atoms with Gasteiger partial charge in [0.05, 0.1) is 0 Å². The van der Waals surface area contributed by atoms with Gasteiger partial charge in [0, 0.05) is 36.4 Å². The zero-order chi connectivity index (χ0) is 20.2. The van der Waals surface area contributed by atoms with Gasteiger partial charge in [0.15, 0.2) is 0 Å². The van der Waals surface area contributed by atoms with Gasteiger partial charge in [0.1, 0.15) is 0 Å². The molecular formula is C18H24F3N3O3. The van der Waals surface area contributed by atoms with Crippen molar-refractivity contribution in [2.24, 2.45) is 5.73 Å². The summed E-state index contributed by atoms with van der Waals surface area (Å²) in [6.45, 7) is 5.79. The maximum atomic E-state index is 11.1. The molecular weight excluding hydrogens is 363 g/mol. The molecule has 1 amide bonds. The second-order valence-electron chi connectivity index (χ2n) is 6.83. The highest BCUT2D eigenvalue weighted by Crippen LogP contribution is 2.28. The van der Waals surface area contributed by atoms with Crippen LogP contribution in [0.5, 0.6) is 0 Å². The van der Waals surface area contributed by atoms with Crippen LogP contribution in [0, 0.1) is 0 Å². The fourth-order valence-electron chi connectivity index (χ4n) is 3.58. The number of aliphatic carboxylic acids is 1. The Morgan fingerprint density at radius 1 is 1.15 bits per heavy atom. The molecule has 2 atom stereocenters. The zero-order valence-electron chi connectivity index (χ0n) is 15.1. The van der Waals surface area contributed by atoms with Crippen LogP contribution in [0.2, 0.25) is 0 Å². The number of rotatable bonds is 3. The quantitative estimate of drug-likeness (QED) is 0.832. The van der Waals surface area contributed by atoms with Gasteiger partial charge in [0.2, 0.25) is 5.91 Å². The van der Waals surface area contributed by atoms with Gasteiger partial charge in [-0.3, -0.25) is 9.69 Å². The predicted molar refractivity (Wildman–Crippen MR) is 94.7 cm³/mol. The summed E-state index contributed by atoms with van der Waals surface area (Å²) < 4.78 is 31.7. The summed E-state index contributed by atoms with van der Waals surface area (Å²) in [7, 11) is 0. The first kappa shape index (κ1) is 21.0. The Morgan fingerprint density at radius 3 is 2.19 bits per heavy atom. The van der Waals surface area contributed by atoms with Crippen molar-refractivity contribution >= 4 is 17.6 Å². The summed E-state index contributed by atoms with van der Waals surface area (Å²) in [6, 6.07) is 9.08. The smallest absolute Gasteiger partial charge is 0.475 e. The van der Waals surface area contributed by atoms with Crippen molar-refractivity contribution in [2.45, 2.75) is 44.4 Å². The number of carbonyl (C=O) groups excluding carboxylic acids is 1. The van der Waals surface area contributed by atoms with Gasteiger partial charge in [-0.05, 0) is 57.0 Å². The van der Waals surface area contributed by atoms with E-state index in [4.69, 9.17) is 15.6 Å². The Kier molecular flexibility index (Phi) is 6.69. The van der Waals surface area contributed by atoms with E-state index in [2.05, 4.69) is 16.7 Å². The number of carboxylic acids is 1. The molecule has 150 valence electrons. The summed E-state index contributed by atoms with van der Waals surface area (Å²) in [5.74, 6) is -3.12. The van der Waals surface area contributed by atoms with Crippen molar-refractivity contribution in [2.75, 3.05) is 24.5 Å². The summed E-state index contributed by atoms with van der Waals surface area (Å²) in [5, 5.41) is 7.12. The minimum absolute atomic E-state index is 0.360. The zero-order valence-corrected chi connectivity index (χ0v) is 15.1. The number of hydrogen-bond donors (Lipinski definition) is 2. The van der Waals surface area contributed by atoms with E-state index in [0.717, 1.165) is 19.1 Å². The SMILES string of the molecule is CC1CCCN1C1CCN(c2ccc(C(N)=O)cc2)C1.O=C(O)C(F)(F)F. The topological polar surface area (TPSA) is 86.9 Å². The lowest BCUT2D eigenvalue weighted by molar-refractivity contribution is -0.192. The fraction of sp³-hybridized carbons (Fsp3) is 0.556. The van der Waals surface area contributed by atoms with Crippen molar-refractivity contribution < 1.29 is 27.9 Å². The van der Waals surface area contributed by atoms with Crippen LogP contribution in [-0.2, 0) is 4.79 Å². The molecule has 3 rings (SSSR count). The number of primary amides is 1. The molecule has 2 aliphatic rings. The molecule has 2 fully saturated rings. The van der Waals surface area contributed by atoms with Gasteiger partial charge < -0.3 is 15.7 Å². The Morgan fingerprint density at radius 2 is 1.74 bits per heavy atom. The Bertz CT molecular complexity index is 664. The van der Waals surface area contributed by atoms with Gasteiger partial charge in [-0.2, -0.15) is 13.2 Å². The van der Waals surface area contributed by atoms with E-state index in [1.54, 1.807) is 0 Å². The maximum absolute atomic E-state index is 11.1. The van der Waals surface area contributed by atoms with E-state index in [-0.39, 0.29) is 5.91 Å². The first-order valence-corrected chi connectivity index (χ1v) is 8.80. The molecule has 0 radical (unpaired) electrons. The average Bonchev–Trinajstić information content (AvgIpc) is 3.23. The van der Waals surface area contributed by atoms with Crippen LogP contribution in [0.4, 0.5) is 18.9 Å². The second kappa shape index (κ2) is 8.60. The number of halogens is 3. The first-order chi connectivity index (χ1) is 12.6. The summed E-state index contributed by atoms with van der Waals surface area (Å²) >= 11 is 0. The van der Waals surface area contributed by atoms with Crippen molar-refractivity contribution in [3.05, 3.63) is 29.8 Å². The largest absolute Gasteiger partial charge is 0.490 e. The van der Waals surface area contributed by atoms with Crippen LogP contribution in [0.3, 0.4) is 0 Å². The van der Waals surface area contributed by atoms with E-state index < -0.39 is 12.1 Å². The minimum Gasteiger partial charge on any atom is -0.475 e. The number of likely N-dealkylation sites (tertiary alicyclic amines) is 1. The van der Waals surface area contributed by atoms with E-state index in [1.165, 1.54) is 31.5 Å². The summed E-state index contributed by atoms with van der Waals surface area (Å²) in [6.07, 6.45) is -1.17. The molecule has 0 aromatic heterocycles. The van der Waals surface area contributed by atoms with Crippen molar-refractivity contribution in [1.82, 2.24) is 4.90 Å². The van der Waals surface area contributed by atoms with Crippen LogP contribution < -0.4 is 10.6 Å². The number of hydrogen-bond acceptors (Lipinski definition) is 4. The van der Waals surface area contributed by atoms with Crippen LogP contribution >= 0.6 is 0 Å². The third kappa shape index (κ3) is 5.59. The Labute approximate surface area is 155 Å². The van der Waals surface area contributed by atoms with Crippen LogP contribution in [0.1, 0.15) is 36.5 Å². The monoisotopic (exact) mass is 387 g/mol. The number of nitrogens with zero attached hydrogens (tertiary/aromatic N) is 2. The third-order valence-electron chi connectivity index (χ3n) is 5.00.